The fraction of sp³-hybridized carbons (Fsp3) is 0.278. The molecule has 3 rings (SSSR count). The fourth-order valence-electron chi connectivity index (χ4n) is 2.68. The van der Waals surface area contributed by atoms with E-state index in [0.29, 0.717) is 47.6 Å². The van der Waals surface area contributed by atoms with Crippen LogP contribution in [0.3, 0.4) is 0 Å². The summed E-state index contributed by atoms with van der Waals surface area (Å²) in [5.74, 6) is 0.109. The first-order chi connectivity index (χ1) is 12.1. The van der Waals surface area contributed by atoms with Crippen molar-refractivity contribution in [1.29, 1.82) is 0 Å². The first-order valence-corrected chi connectivity index (χ1v) is 8.06. The average molecular weight is 340 g/mol. The van der Waals surface area contributed by atoms with Gasteiger partial charge in [0.25, 0.3) is 0 Å². The number of allylic oxidation sites excluding steroid dienone is 1. The lowest BCUT2D eigenvalue weighted by atomic mass is 10.1. The number of carbonyl (C=O) groups is 2. The van der Waals surface area contributed by atoms with Crippen LogP contribution in [0.5, 0.6) is 0 Å². The molecule has 4 N–H and O–H groups in total. The van der Waals surface area contributed by atoms with E-state index < -0.39 is 5.97 Å². The summed E-state index contributed by atoms with van der Waals surface area (Å²) >= 11 is 0. The van der Waals surface area contributed by atoms with Crippen molar-refractivity contribution < 1.29 is 14.3 Å². The number of amides is 1. The maximum atomic E-state index is 12.2. The Labute approximate surface area is 145 Å². The summed E-state index contributed by atoms with van der Waals surface area (Å²) in [6, 6.07) is 4.71. The number of aromatic nitrogens is 2. The van der Waals surface area contributed by atoms with E-state index >= 15 is 0 Å². The Morgan fingerprint density at radius 1 is 1.36 bits per heavy atom. The Hall–Kier alpha value is -2.93. The maximum absolute atomic E-state index is 12.2. The van der Waals surface area contributed by atoms with Gasteiger partial charge in [-0.3, -0.25) is 4.79 Å². The van der Waals surface area contributed by atoms with Gasteiger partial charge in [-0.15, -0.1) is 0 Å². The van der Waals surface area contributed by atoms with Crippen LogP contribution in [0.2, 0.25) is 0 Å². The number of anilines is 1. The average Bonchev–Trinajstić information content (AvgIpc) is 3.10. The molecule has 2 aromatic rings. The highest BCUT2D eigenvalue weighted by molar-refractivity contribution is 5.98. The minimum atomic E-state index is -0.447. The van der Waals surface area contributed by atoms with E-state index in [9.17, 15) is 9.59 Å². The van der Waals surface area contributed by atoms with Crippen molar-refractivity contribution >= 4 is 17.6 Å². The molecule has 1 aromatic heterocycles. The van der Waals surface area contributed by atoms with Crippen LogP contribution in [0.25, 0.3) is 11.3 Å². The van der Waals surface area contributed by atoms with Crippen molar-refractivity contribution in [3.8, 4) is 11.3 Å². The number of benzene rings is 1. The molecule has 0 saturated heterocycles. The number of hydrogen-bond acceptors (Lipinski definition) is 5. The van der Waals surface area contributed by atoms with Crippen molar-refractivity contribution in [3.63, 3.8) is 0 Å². The Kier molecular flexibility index (Phi) is 4.95. The molecule has 0 unspecified atom stereocenters. The van der Waals surface area contributed by atoms with Crippen LogP contribution < -0.4 is 11.1 Å². The lowest BCUT2D eigenvalue weighted by Gasteiger charge is -2.11. The summed E-state index contributed by atoms with van der Waals surface area (Å²) in [7, 11) is 1.33. The number of imidazole rings is 1. The molecule has 0 saturated carbocycles. The first kappa shape index (κ1) is 16.9. The van der Waals surface area contributed by atoms with Gasteiger partial charge in [0.05, 0.1) is 36.3 Å². The lowest BCUT2D eigenvalue weighted by molar-refractivity contribution is -0.116. The third kappa shape index (κ3) is 3.77. The summed E-state index contributed by atoms with van der Waals surface area (Å²) in [5, 5.41) is 2.89. The van der Waals surface area contributed by atoms with Crippen molar-refractivity contribution in [2.75, 3.05) is 12.4 Å². The minimum Gasteiger partial charge on any atom is -0.465 e. The zero-order valence-corrected chi connectivity index (χ0v) is 13.9. The van der Waals surface area contributed by atoms with Crippen LogP contribution in [-0.4, -0.2) is 29.0 Å². The number of rotatable bonds is 1. The quantitative estimate of drug-likeness (QED) is 0.546. The molecule has 0 aliphatic carbocycles. The number of hydrogen-bond donors (Lipinski definition) is 3. The highest BCUT2D eigenvalue weighted by Gasteiger charge is 2.17. The van der Waals surface area contributed by atoms with Crippen LogP contribution in [-0.2, 0) is 9.53 Å². The van der Waals surface area contributed by atoms with E-state index in [0.717, 1.165) is 0 Å². The van der Waals surface area contributed by atoms with Gasteiger partial charge < -0.3 is 20.8 Å². The molecule has 130 valence electrons. The molecular formula is C18H20N4O3. The second kappa shape index (κ2) is 7.31. The number of esters is 1. The van der Waals surface area contributed by atoms with Crippen LogP contribution in [0.1, 0.15) is 41.5 Å². The topological polar surface area (TPSA) is 110 Å². The van der Waals surface area contributed by atoms with Gasteiger partial charge in [-0.1, -0.05) is 12.2 Å². The molecular weight excluding hydrogens is 320 g/mol. The van der Waals surface area contributed by atoms with Gasteiger partial charge in [-0.2, -0.15) is 0 Å². The number of methoxy groups -OCH3 is 1. The zero-order valence-electron chi connectivity index (χ0n) is 13.9. The Bertz CT molecular complexity index is 825. The molecule has 1 amide bonds. The van der Waals surface area contributed by atoms with Gasteiger partial charge >= 0.3 is 5.97 Å². The van der Waals surface area contributed by atoms with Crippen LogP contribution >= 0.6 is 0 Å². The predicted octanol–water partition coefficient (Wildman–Crippen LogP) is 2.54. The van der Waals surface area contributed by atoms with E-state index in [4.69, 9.17) is 10.5 Å². The molecule has 25 heavy (non-hydrogen) atoms. The lowest BCUT2D eigenvalue weighted by Crippen LogP contribution is -2.12. The smallest absolute Gasteiger partial charge is 0.337 e. The SMILES string of the molecule is COC(=O)c1ccc2c(c1)-c1cnc([nH]1)[C@@H](N)C/C=C\CCC(=O)N2. The van der Waals surface area contributed by atoms with E-state index in [1.54, 1.807) is 24.4 Å². The molecule has 7 nitrogen and oxygen atoms in total. The fourth-order valence-corrected chi connectivity index (χ4v) is 2.68. The molecule has 1 aliphatic rings. The van der Waals surface area contributed by atoms with Crippen molar-refractivity contribution in [3.05, 3.63) is 47.9 Å². The van der Waals surface area contributed by atoms with Gasteiger partial charge in [0, 0.05) is 12.0 Å². The number of nitrogens with two attached hydrogens (primary N) is 1. The molecule has 0 spiro atoms. The number of carbonyl (C=O) groups excluding carboxylic acids is 2. The third-order valence-corrected chi connectivity index (χ3v) is 4.05. The number of aromatic amines is 1. The minimum absolute atomic E-state index is 0.0972. The third-order valence-electron chi connectivity index (χ3n) is 4.05. The van der Waals surface area contributed by atoms with Gasteiger partial charge in [0.1, 0.15) is 5.82 Å². The first-order valence-electron chi connectivity index (χ1n) is 8.06. The monoisotopic (exact) mass is 340 g/mol. The zero-order chi connectivity index (χ0) is 17.8. The molecule has 1 aromatic carbocycles. The van der Waals surface area contributed by atoms with Crippen LogP contribution in [0.15, 0.2) is 36.5 Å². The number of nitrogens with one attached hydrogen (secondary N) is 2. The second-order valence-corrected chi connectivity index (χ2v) is 5.83. The van der Waals surface area contributed by atoms with E-state index in [1.165, 1.54) is 7.11 Å². The summed E-state index contributed by atoms with van der Waals surface area (Å²) in [6.07, 6.45) is 7.19. The standard InChI is InChI=1S/C18H20N4O3/c1-25-18(24)11-7-8-14-12(9-11)15-10-20-17(22-15)13(19)5-3-2-4-6-16(23)21-14/h2-3,7-10,13H,4-6,19H2,1H3,(H,20,22)(H,21,23)/b3-2-/t13-/m0/s1. The van der Waals surface area contributed by atoms with Crippen LogP contribution in [0, 0.1) is 0 Å². The van der Waals surface area contributed by atoms with Gasteiger partial charge in [-0.05, 0) is 31.0 Å². The summed E-state index contributed by atoms with van der Waals surface area (Å²) < 4.78 is 4.78. The highest BCUT2D eigenvalue weighted by Crippen LogP contribution is 2.30. The van der Waals surface area contributed by atoms with E-state index in [-0.39, 0.29) is 11.9 Å². The Morgan fingerprint density at radius 3 is 3.00 bits per heavy atom. The summed E-state index contributed by atoms with van der Waals surface area (Å²) in [4.78, 5) is 31.5. The van der Waals surface area contributed by atoms with E-state index in [1.807, 2.05) is 12.2 Å². The molecule has 7 heteroatoms. The molecule has 2 heterocycles. The largest absolute Gasteiger partial charge is 0.465 e. The highest BCUT2D eigenvalue weighted by atomic mass is 16.5. The van der Waals surface area contributed by atoms with Crippen molar-refractivity contribution in [2.24, 2.45) is 5.73 Å². The number of fused-ring (bicyclic) bond motifs is 4. The van der Waals surface area contributed by atoms with Gasteiger partial charge in [-0.25, -0.2) is 9.78 Å². The molecule has 0 radical (unpaired) electrons. The Morgan fingerprint density at radius 2 is 2.20 bits per heavy atom. The molecule has 1 atom stereocenters. The van der Waals surface area contributed by atoms with E-state index in [2.05, 4.69) is 15.3 Å². The molecule has 0 fully saturated rings. The Balaban J connectivity index is 2.08. The summed E-state index contributed by atoms with van der Waals surface area (Å²) in [5.41, 5.74) is 8.48. The normalized spacial score (nSPS) is 18.8. The molecule has 2 bridgehead atoms. The number of H-pyrrole nitrogens is 1. The van der Waals surface area contributed by atoms with Crippen molar-refractivity contribution in [2.45, 2.75) is 25.3 Å². The number of ether oxygens (including phenoxy) is 1. The van der Waals surface area contributed by atoms with Crippen LogP contribution in [0.4, 0.5) is 5.69 Å². The van der Waals surface area contributed by atoms with Gasteiger partial charge in [0.15, 0.2) is 0 Å². The second-order valence-electron chi connectivity index (χ2n) is 5.83. The van der Waals surface area contributed by atoms with Crippen molar-refractivity contribution in [1.82, 2.24) is 9.97 Å². The molecule has 1 aliphatic heterocycles. The predicted molar refractivity (Wildman–Crippen MR) is 93.9 cm³/mol. The van der Waals surface area contributed by atoms with Gasteiger partial charge in [0.2, 0.25) is 5.91 Å². The number of nitrogens with zero attached hydrogens (tertiary/aromatic N) is 1. The summed E-state index contributed by atoms with van der Waals surface area (Å²) in [6.45, 7) is 0. The maximum Gasteiger partial charge on any atom is 0.337 e.